The van der Waals surface area contributed by atoms with Crippen LogP contribution in [0.25, 0.3) is 0 Å². The van der Waals surface area contributed by atoms with Crippen molar-refractivity contribution in [3.05, 3.63) is 54.0 Å². The Kier molecular flexibility index (Phi) is 3.87. The van der Waals surface area contributed by atoms with Crippen LogP contribution in [0, 0.1) is 6.92 Å². The largest absolute Gasteiger partial charge is 0.306 e. The van der Waals surface area contributed by atoms with E-state index in [4.69, 9.17) is 0 Å². The van der Waals surface area contributed by atoms with Gasteiger partial charge >= 0.3 is 0 Å². The number of aliphatic imine (C=N–C) groups is 2. The van der Waals surface area contributed by atoms with Crippen molar-refractivity contribution in [2.24, 2.45) is 9.98 Å². The van der Waals surface area contributed by atoms with Gasteiger partial charge in [0.1, 0.15) is 5.82 Å². The van der Waals surface area contributed by atoms with Gasteiger partial charge in [-0.05, 0) is 26.0 Å². The number of aromatic nitrogens is 3. The number of nitrogens with one attached hydrogen (secondary N) is 1. The number of pyridine rings is 1. The number of carbonyl (C=O) groups excluding carboxylic acids is 2. The minimum Gasteiger partial charge on any atom is -0.306 e. The normalized spacial score (nSPS) is 14.2. The summed E-state index contributed by atoms with van der Waals surface area (Å²) >= 11 is 0. The molecule has 3 heterocycles. The van der Waals surface area contributed by atoms with Gasteiger partial charge in [0.15, 0.2) is 0 Å². The summed E-state index contributed by atoms with van der Waals surface area (Å²) in [5.74, 6) is -0.351. The van der Waals surface area contributed by atoms with Gasteiger partial charge in [0.25, 0.3) is 17.8 Å². The molecule has 8 heteroatoms. The van der Waals surface area contributed by atoms with Crippen molar-refractivity contribution in [3.63, 3.8) is 0 Å². The highest BCUT2D eigenvalue weighted by Crippen LogP contribution is 2.15. The number of rotatable bonds is 2. The van der Waals surface area contributed by atoms with Crippen LogP contribution in [0.5, 0.6) is 0 Å². The molecule has 0 aromatic carbocycles. The number of carbonyl (C=O) groups is 2. The van der Waals surface area contributed by atoms with Gasteiger partial charge in [-0.2, -0.15) is 14.8 Å². The fourth-order valence-corrected chi connectivity index (χ4v) is 2.08. The van der Waals surface area contributed by atoms with Crippen molar-refractivity contribution in [2.75, 3.05) is 5.32 Å². The third-order valence-electron chi connectivity index (χ3n) is 3.37. The standard InChI is InChI=1S/C16H14N6O2/c1-9-8-13(19-15(24)12-4-6-17-7-5-12)22(21-9)16-18-11(3)10(2)14(23)20-16/h4-8H,2H2,1,3H3,(H,19,24). The molecule has 1 aliphatic heterocycles. The molecule has 0 aliphatic carbocycles. The van der Waals surface area contributed by atoms with E-state index in [2.05, 4.69) is 32.0 Å². The van der Waals surface area contributed by atoms with Crippen LogP contribution in [0.15, 0.2) is 52.7 Å². The highest BCUT2D eigenvalue weighted by Gasteiger charge is 2.21. The van der Waals surface area contributed by atoms with Crippen molar-refractivity contribution in [1.29, 1.82) is 0 Å². The summed E-state index contributed by atoms with van der Waals surface area (Å²) in [6.45, 7) is 7.06. The molecular formula is C16H14N6O2. The van der Waals surface area contributed by atoms with Gasteiger partial charge in [0.05, 0.1) is 17.0 Å². The molecule has 0 unspecified atom stereocenters. The molecule has 1 aliphatic rings. The van der Waals surface area contributed by atoms with E-state index >= 15 is 0 Å². The second-order valence-electron chi connectivity index (χ2n) is 5.17. The summed E-state index contributed by atoms with van der Waals surface area (Å²) in [6.07, 6.45) is 3.06. The van der Waals surface area contributed by atoms with Crippen molar-refractivity contribution in [3.8, 4) is 0 Å². The Balaban J connectivity index is 1.95. The summed E-state index contributed by atoms with van der Waals surface area (Å²) < 4.78 is 1.32. The lowest BCUT2D eigenvalue weighted by Gasteiger charge is -2.12. The zero-order valence-corrected chi connectivity index (χ0v) is 13.1. The van der Waals surface area contributed by atoms with Gasteiger partial charge in [-0.25, -0.2) is 4.99 Å². The molecule has 2 amide bonds. The highest BCUT2D eigenvalue weighted by molar-refractivity contribution is 6.28. The summed E-state index contributed by atoms with van der Waals surface area (Å²) in [7, 11) is 0. The molecule has 0 fully saturated rings. The zero-order valence-electron chi connectivity index (χ0n) is 13.1. The molecule has 0 radical (unpaired) electrons. The van der Waals surface area contributed by atoms with Gasteiger partial charge in [0.2, 0.25) is 0 Å². The first-order valence-corrected chi connectivity index (χ1v) is 7.11. The van der Waals surface area contributed by atoms with Crippen LogP contribution in [0.4, 0.5) is 5.82 Å². The minimum absolute atomic E-state index is 0.0861. The van der Waals surface area contributed by atoms with Crippen LogP contribution in [0.1, 0.15) is 23.0 Å². The van der Waals surface area contributed by atoms with E-state index in [1.807, 2.05) is 0 Å². The maximum atomic E-state index is 12.3. The van der Waals surface area contributed by atoms with Crippen LogP contribution in [0.2, 0.25) is 0 Å². The lowest BCUT2D eigenvalue weighted by molar-refractivity contribution is -0.113. The zero-order chi connectivity index (χ0) is 17.3. The van der Waals surface area contributed by atoms with E-state index in [1.54, 1.807) is 32.0 Å². The molecule has 0 bridgehead atoms. The Labute approximate surface area is 137 Å². The van der Waals surface area contributed by atoms with E-state index < -0.39 is 5.91 Å². The van der Waals surface area contributed by atoms with Gasteiger partial charge in [-0.15, -0.1) is 0 Å². The van der Waals surface area contributed by atoms with E-state index in [0.717, 1.165) is 0 Å². The Morgan fingerprint density at radius 1 is 1.21 bits per heavy atom. The van der Waals surface area contributed by atoms with Crippen LogP contribution >= 0.6 is 0 Å². The quantitative estimate of drug-likeness (QED) is 0.848. The molecule has 24 heavy (non-hydrogen) atoms. The predicted octanol–water partition coefficient (Wildman–Crippen LogP) is 1.60. The van der Waals surface area contributed by atoms with Crippen LogP contribution in [-0.2, 0) is 4.79 Å². The van der Waals surface area contributed by atoms with E-state index in [1.165, 1.54) is 17.1 Å². The molecule has 8 nitrogen and oxygen atoms in total. The molecule has 3 rings (SSSR count). The lowest BCUT2D eigenvalue weighted by Crippen LogP contribution is -2.25. The smallest absolute Gasteiger partial charge is 0.281 e. The molecule has 1 N–H and O–H groups in total. The topological polar surface area (TPSA) is 102 Å². The van der Waals surface area contributed by atoms with E-state index in [-0.39, 0.29) is 17.4 Å². The molecule has 120 valence electrons. The second-order valence-corrected chi connectivity index (χ2v) is 5.17. The summed E-state index contributed by atoms with van der Waals surface area (Å²) in [5.41, 5.74) is 1.80. The SMILES string of the molecule is C=C1C(=O)N=C(n2nc(C)cc2NC(=O)c2ccncc2)N=C1C. The first kappa shape index (κ1) is 15.5. The third-order valence-corrected chi connectivity index (χ3v) is 3.37. The van der Waals surface area contributed by atoms with Crippen molar-refractivity contribution < 1.29 is 9.59 Å². The van der Waals surface area contributed by atoms with Crippen molar-refractivity contribution >= 4 is 29.3 Å². The number of nitrogens with zero attached hydrogens (tertiary/aromatic N) is 5. The first-order chi connectivity index (χ1) is 11.5. The number of hydrogen-bond acceptors (Lipinski definition) is 5. The van der Waals surface area contributed by atoms with Crippen molar-refractivity contribution in [2.45, 2.75) is 13.8 Å². The molecule has 0 saturated heterocycles. The highest BCUT2D eigenvalue weighted by atomic mass is 16.2. The number of aryl methyl sites for hydroxylation is 1. The fourth-order valence-electron chi connectivity index (χ4n) is 2.08. The number of hydrogen-bond donors (Lipinski definition) is 1. The fraction of sp³-hybridized carbons (Fsp3) is 0.125. The van der Waals surface area contributed by atoms with Crippen LogP contribution < -0.4 is 5.32 Å². The molecule has 0 atom stereocenters. The molecule has 0 spiro atoms. The Morgan fingerprint density at radius 2 is 1.92 bits per heavy atom. The predicted molar refractivity (Wildman–Crippen MR) is 89.2 cm³/mol. The van der Waals surface area contributed by atoms with Gasteiger partial charge < -0.3 is 5.32 Å². The maximum Gasteiger partial charge on any atom is 0.281 e. The molecule has 2 aromatic heterocycles. The second kappa shape index (κ2) is 5.99. The van der Waals surface area contributed by atoms with Crippen molar-refractivity contribution in [1.82, 2.24) is 14.8 Å². The first-order valence-electron chi connectivity index (χ1n) is 7.11. The maximum absolute atomic E-state index is 12.3. The summed E-state index contributed by atoms with van der Waals surface area (Å²) in [4.78, 5) is 36.1. The number of amides is 2. The summed E-state index contributed by atoms with van der Waals surface area (Å²) in [5, 5.41) is 6.98. The monoisotopic (exact) mass is 322 g/mol. The number of anilines is 1. The Hall–Kier alpha value is -3.42. The average molecular weight is 322 g/mol. The van der Waals surface area contributed by atoms with E-state index in [0.29, 0.717) is 22.8 Å². The molecule has 2 aromatic rings. The van der Waals surface area contributed by atoms with Gasteiger partial charge in [0, 0.05) is 24.0 Å². The molecular weight excluding hydrogens is 308 g/mol. The van der Waals surface area contributed by atoms with E-state index in [9.17, 15) is 9.59 Å². The Morgan fingerprint density at radius 3 is 2.58 bits per heavy atom. The lowest BCUT2D eigenvalue weighted by atomic mass is 10.2. The van der Waals surface area contributed by atoms with Crippen LogP contribution in [-0.4, -0.2) is 38.3 Å². The van der Waals surface area contributed by atoms with Gasteiger partial charge in [-0.1, -0.05) is 6.58 Å². The third kappa shape index (κ3) is 2.89. The van der Waals surface area contributed by atoms with Crippen LogP contribution in [0.3, 0.4) is 0 Å². The summed E-state index contributed by atoms with van der Waals surface area (Å²) in [6, 6.07) is 4.86. The minimum atomic E-state index is -0.475. The molecule has 0 saturated carbocycles. The van der Waals surface area contributed by atoms with Gasteiger partial charge in [-0.3, -0.25) is 14.6 Å². The Bertz CT molecular complexity index is 908. The average Bonchev–Trinajstić information content (AvgIpc) is 2.93.